The lowest BCUT2D eigenvalue weighted by atomic mass is 10.0. The molecule has 2 N–H and O–H groups in total. The van der Waals surface area contributed by atoms with E-state index in [0.717, 1.165) is 22.9 Å². The molecule has 0 radical (unpaired) electrons. The first-order valence-corrected chi connectivity index (χ1v) is 12.3. The number of hydrogen-bond acceptors (Lipinski definition) is 4. The Balaban J connectivity index is 1.49. The van der Waals surface area contributed by atoms with E-state index in [2.05, 4.69) is 16.6 Å². The van der Waals surface area contributed by atoms with Crippen LogP contribution < -0.4 is 4.72 Å². The maximum Gasteiger partial charge on any atom is 0.335 e. The number of furan rings is 1. The smallest absolute Gasteiger partial charge is 0.335 e. The number of hydrogen-bond donors (Lipinski definition) is 2. The summed E-state index contributed by atoms with van der Waals surface area (Å²) in [6.45, 7) is 1.65. The molecule has 0 bridgehead atoms. The number of benzene rings is 4. The Labute approximate surface area is 206 Å². The van der Waals surface area contributed by atoms with Crippen LogP contribution in [0.2, 0.25) is 0 Å². The van der Waals surface area contributed by atoms with E-state index < -0.39 is 21.8 Å². The highest BCUT2D eigenvalue weighted by atomic mass is 32.2. The van der Waals surface area contributed by atoms with Gasteiger partial charge in [0.2, 0.25) is 0 Å². The molecule has 6 nitrogen and oxygen atoms in total. The minimum absolute atomic E-state index is 0.0165. The topological polar surface area (TPSA) is 96.6 Å². The van der Waals surface area contributed by atoms with Gasteiger partial charge in [0, 0.05) is 22.4 Å². The van der Waals surface area contributed by atoms with Gasteiger partial charge in [-0.05, 0) is 67.1 Å². The van der Waals surface area contributed by atoms with Gasteiger partial charge in [-0.25, -0.2) is 17.6 Å². The molecule has 0 spiro atoms. The van der Waals surface area contributed by atoms with Gasteiger partial charge in [0.15, 0.2) is 0 Å². The SMILES string of the molecule is Cc1cc(C#Cc2cc(F)ccc2NS(=O)(=O)c2ccc3c(c2)oc2ccccc23)ccc1C(=O)O. The molecule has 5 aromatic rings. The Hall–Kier alpha value is -4.61. The number of sulfonamides is 1. The second-order valence-corrected chi connectivity index (χ2v) is 9.82. The lowest BCUT2D eigenvalue weighted by molar-refractivity contribution is 0.0696. The van der Waals surface area contributed by atoms with Gasteiger partial charge in [0.1, 0.15) is 17.0 Å². The lowest BCUT2D eigenvalue weighted by Crippen LogP contribution is -2.14. The molecule has 0 aliphatic carbocycles. The first-order valence-electron chi connectivity index (χ1n) is 10.8. The number of nitrogens with one attached hydrogen (secondary N) is 1. The highest BCUT2D eigenvalue weighted by Crippen LogP contribution is 2.31. The van der Waals surface area contributed by atoms with Gasteiger partial charge in [-0.2, -0.15) is 0 Å². The van der Waals surface area contributed by atoms with Crippen LogP contribution >= 0.6 is 0 Å². The summed E-state index contributed by atoms with van der Waals surface area (Å²) in [6.07, 6.45) is 0. The minimum atomic E-state index is -4.05. The molecule has 0 saturated carbocycles. The molecule has 0 aliphatic heterocycles. The van der Waals surface area contributed by atoms with Crippen LogP contribution in [0.3, 0.4) is 0 Å². The molecular weight excluding hydrogens is 481 g/mol. The van der Waals surface area contributed by atoms with E-state index in [1.165, 1.54) is 30.3 Å². The zero-order chi connectivity index (χ0) is 25.4. The maximum absolute atomic E-state index is 14.0. The average molecular weight is 500 g/mol. The van der Waals surface area contributed by atoms with E-state index in [1.807, 2.05) is 24.3 Å². The molecule has 0 unspecified atom stereocenters. The summed E-state index contributed by atoms with van der Waals surface area (Å²) in [5.74, 6) is 4.00. The number of carboxylic acid groups (broad SMARTS) is 1. The van der Waals surface area contributed by atoms with Crippen LogP contribution in [0.1, 0.15) is 27.0 Å². The molecule has 178 valence electrons. The number of carbonyl (C=O) groups is 1. The molecule has 8 heteroatoms. The number of aromatic carboxylic acids is 1. The molecule has 0 saturated heterocycles. The van der Waals surface area contributed by atoms with Gasteiger partial charge in [-0.15, -0.1) is 0 Å². The quantitative estimate of drug-likeness (QED) is 0.299. The number of anilines is 1. The second kappa shape index (κ2) is 8.87. The van der Waals surface area contributed by atoms with Gasteiger partial charge in [-0.3, -0.25) is 4.72 Å². The van der Waals surface area contributed by atoms with Crippen molar-refractivity contribution in [3.8, 4) is 11.8 Å². The monoisotopic (exact) mass is 499 g/mol. The summed E-state index contributed by atoms with van der Waals surface area (Å²) in [7, 11) is -4.05. The van der Waals surface area contributed by atoms with Crippen LogP contribution in [0.25, 0.3) is 21.9 Å². The third-order valence-electron chi connectivity index (χ3n) is 5.68. The molecule has 4 aromatic carbocycles. The highest BCUT2D eigenvalue weighted by molar-refractivity contribution is 7.92. The molecular formula is C28H18FNO5S. The van der Waals surface area contributed by atoms with Crippen molar-refractivity contribution in [2.75, 3.05) is 4.72 Å². The third kappa shape index (κ3) is 4.40. The fourth-order valence-corrected chi connectivity index (χ4v) is 5.00. The van der Waals surface area contributed by atoms with E-state index in [4.69, 9.17) is 4.42 Å². The Morgan fingerprint density at radius 1 is 0.917 bits per heavy atom. The zero-order valence-electron chi connectivity index (χ0n) is 18.9. The number of halogens is 1. The van der Waals surface area contributed by atoms with Crippen molar-refractivity contribution in [3.05, 3.63) is 107 Å². The summed E-state index contributed by atoms with van der Waals surface area (Å²) in [6, 6.07) is 20.2. The van der Waals surface area contributed by atoms with Crippen molar-refractivity contribution in [3.63, 3.8) is 0 Å². The van der Waals surface area contributed by atoms with Crippen molar-refractivity contribution in [2.45, 2.75) is 11.8 Å². The molecule has 0 fully saturated rings. The van der Waals surface area contributed by atoms with Crippen molar-refractivity contribution in [1.29, 1.82) is 0 Å². The standard InChI is InChI=1S/C28H18FNO5S/c1-17-14-18(7-11-22(17)28(31)32)6-8-19-15-20(29)9-13-25(19)30-36(33,34)21-10-12-24-23-4-2-3-5-26(23)35-27(24)16-21/h2-5,7,9-16,30H,1H3,(H,31,32). The number of fused-ring (bicyclic) bond motifs is 3. The van der Waals surface area contributed by atoms with Crippen molar-refractivity contribution in [2.24, 2.45) is 0 Å². The van der Waals surface area contributed by atoms with Crippen molar-refractivity contribution < 1.29 is 27.1 Å². The van der Waals surface area contributed by atoms with Crippen molar-refractivity contribution >= 4 is 43.6 Å². The fourth-order valence-electron chi connectivity index (χ4n) is 3.91. The van der Waals surface area contributed by atoms with Gasteiger partial charge in [0.25, 0.3) is 10.0 Å². The molecule has 0 atom stereocenters. The normalized spacial score (nSPS) is 11.3. The first-order chi connectivity index (χ1) is 17.2. The lowest BCUT2D eigenvalue weighted by Gasteiger charge is -2.10. The number of rotatable bonds is 4. The van der Waals surface area contributed by atoms with Crippen LogP contribution in [0.15, 0.2) is 88.2 Å². The average Bonchev–Trinajstić information content (AvgIpc) is 3.22. The number of carboxylic acids is 1. The molecule has 1 heterocycles. The van der Waals surface area contributed by atoms with Crippen LogP contribution in [0, 0.1) is 24.6 Å². The Morgan fingerprint density at radius 2 is 1.69 bits per heavy atom. The largest absolute Gasteiger partial charge is 0.478 e. The van der Waals surface area contributed by atoms with E-state index in [1.54, 1.807) is 19.1 Å². The predicted molar refractivity (Wildman–Crippen MR) is 135 cm³/mol. The minimum Gasteiger partial charge on any atom is -0.478 e. The molecule has 5 rings (SSSR count). The van der Waals surface area contributed by atoms with Crippen LogP contribution in [0.5, 0.6) is 0 Å². The Kier molecular flexibility index (Phi) is 5.71. The second-order valence-electron chi connectivity index (χ2n) is 8.14. The molecule has 0 aliphatic rings. The summed E-state index contributed by atoms with van der Waals surface area (Å²) in [4.78, 5) is 11.2. The molecule has 1 aromatic heterocycles. The zero-order valence-corrected chi connectivity index (χ0v) is 19.7. The molecule has 36 heavy (non-hydrogen) atoms. The van der Waals surface area contributed by atoms with E-state index >= 15 is 0 Å². The van der Waals surface area contributed by atoms with Crippen LogP contribution in [-0.2, 0) is 10.0 Å². The Morgan fingerprint density at radius 3 is 2.47 bits per heavy atom. The molecule has 0 amide bonds. The summed E-state index contributed by atoms with van der Waals surface area (Å²) in [5, 5.41) is 10.9. The van der Waals surface area contributed by atoms with E-state index in [9.17, 15) is 22.7 Å². The van der Waals surface area contributed by atoms with Gasteiger partial charge >= 0.3 is 5.97 Å². The number of para-hydroxylation sites is 1. The van der Waals surface area contributed by atoms with Gasteiger partial charge < -0.3 is 9.52 Å². The van der Waals surface area contributed by atoms with E-state index in [0.29, 0.717) is 22.3 Å². The summed E-state index contributed by atoms with van der Waals surface area (Å²) >= 11 is 0. The predicted octanol–water partition coefficient (Wildman–Crippen LogP) is 5.93. The Bertz CT molecular complexity index is 1850. The maximum atomic E-state index is 14.0. The van der Waals surface area contributed by atoms with Crippen LogP contribution in [-0.4, -0.2) is 19.5 Å². The van der Waals surface area contributed by atoms with Crippen LogP contribution in [0.4, 0.5) is 10.1 Å². The number of aryl methyl sites for hydroxylation is 1. The van der Waals surface area contributed by atoms with Gasteiger partial charge in [-0.1, -0.05) is 30.0 Å². The highest BCUT2D eigenvalue weighted by Gasteiger charge is 2.18. The first kappa shape index (κ1) is 23.1. The third-order valence-corrected chi connectivity index (χ3v) is 7.05. The van der Waals surface area contributed by atoms with Crippen molar-refractivity contribution in [1.82, 2.24) is 0 Å². The summed E-state index contributed by atoms with van der Waals surface area (Å²) < 4.78 is 48.6. The fraction of sp³-hybridized carbons (Fsp3) is 0.0357. The van der Waals surface area contributed by atoms with Gasteiger partial charge in [0.05, 0.1) is 21.7 Å². The summed E-state index contributed by atoms with van der Waals surface area (Å²) in [5.41, 5.74) is 2.49. The van der Waals surface area contributed by atoms with E-state index in [-0.39, 0.29) is 21.7 Å².